The molecule has 3 N–H and O–H groups in total. The molecule has 0 aliphatic carbocycles. The summed E-state index contributed by atoms with van der Waals surface area (Å²) in [4.78, 5) is 15.1. The predicted molar refractivity (Wildman–Crippen MR) is 51.3 cm³/mol. The number of rotatable bonds is 4. The first-order chi connectivity index (χ1) is 6.24. The molecule has 4 heteroatoms. The van der Waals surface area contributed by atoms with Crippen molar-refractivity contribution in [3.63, 3.8) is 0 Å². The van der Waals surface area contributed by atoms with Gasteiger partial charge in [-0.25, -0.2) is 4.98 Å². The Kier molecular flexibility index (Phi) is 3.40. The van der Waals surface area contributed by atoms with Crippen molar-refractivity contribution in [2.75, 3.05) is 19.3 Å². The summed E-state index contributed by atoms with van der Waals surface area (Å²) in [5.74, 6) is 0.550. The van der Waals surface area contributed by atoms with E-state index < -0.39 is 0 Å². The molecule has 1 heterocycles. The lowest BCUT2D eigenvalue weighted by Gasteiger charge is -2.02. The first-order valence-corrected chi connectivity index (χ1v) is 4.09. The van der Waals surface area contributed by atoms with Crippen molar-refractivity contribution in [2.45, 2.75) is 6.42 Å². The van der Waals surface area contributed by atoms with Gasteiger partial charge in [0, 0.05) is 18.2 Å². The third-order valence-corrected chi connectivity index (χ3v) is 1.69. The molecular weight excluding hydrogens is 166 g/mol. The average molecular weight is 179 g/mol. The first-order valence-electron chi connectivity index (χ1n) is 4.09. The highest BCUT2D eigenvalue weighted by atomic mass is 16.1. The van der Waals surface area contributed by atoms with E-state index in [0.29, 0.717) is 18.8 Å². The first kappa shape index (κ1) is 9.67. The molecule has 0 unspecified atom stereocenters. The van der Waals surface area contributed by atoms with Gasteiger partial charge in [0.15, 0.2) is 5.78 Å². The topological polar surface area (TPSA) is 68.0 Å². The zero-order valence-electron chi connectivity index (χ0n) is 7.58. The van der Waals surface area contributed by atoms with E-state index in [1.807, 2.05) is 6.07 Å². The maximum Gasteiger partial charge on any atom is 0.151 e. The number of hydrogen-bond donors (Lipinski definition) is 2. The van der Waals surface area contributed by atoms with E-state index in [-0.39, 0.29) is 5.78 Å². The highest BCUT2D eigenvalue weighted by Gasteiger charge is 2.05. The molecule has 70 valence electrons. The summed E-state index contributed by atoms with van der Waals surface area (Å²) in [6.45, 7) is 0.369. The molecule has 0 aliphatic rings. The number of ketones is 1. The summed E-state index contributed by atoms with van der Waals surface area (Å²) in [5.41, 5.74) is 6.38. The van der Waals surface area contributed by atoms with Gasteiger partial charge in [0.25, 0.3) is 0 Å². The van der Waals surface area contributed by atoms with Crippen LogP contribution in [0.4, 0.5) is 5.82 Å². The van der Waals surface area contributed by atoms with E-state index in [1.165, 1.54) is 0 Å². The molecule has 0 aliphatic heterocycles. The lowest BCUT2D eigenvalue weighted by Crippen LogP contribution is -2.20. The highest BCUT2D eigenvalue weighted by molar-refractivity contribution is 5.83. The van der Waals surface area contributed by atoms with Crippen LogP contribution in [0.5, 0.6) is 0 Å². The van der Waals surface area contributed by atoms with Crippen molar-refractivity contribution in [3.05, 3.63) is 23.9 Å². The van der Waals surface area contributed by atoms with Gasteiger partial charge in [-0.05, 0) is 13.1 Å². The molecule has 4 nitrogen and oxygen atoms in total. The lowest BCUT2D eigenvalue weighted by molar-refractivity contribution is -0.117. The number of aromatic nitrogens is 1. The van der Waals surface area contributed by atoms with E-state index in [1.54, 1.807) is 19.3 Å². The summed E-state index contributed by atoms with van der Waals surface area (Å²) >= 11 is 0. The van der Waals surface area contributed by atoms with Crippen molar-refractivity contribution >= 4 is 11.6 Å². The van der Waals surface area contributed by atoms with Crippen LogP contribution in [0.1, 0.15) is 5.56 Å². The molecule has 0 saturated carbocycles. The van der Waals surface area contributed by atoms with Gasteiger partial charge < -0.3 is 11.1 Å². The van der Waals surface area contributed by atoms with Crippen LogP contribution in [-0.2, 0) is 11.2 Å². The molecule has 0 saturated heterocycles. The Morgan fingerprint density at radius 3 is 3.08 bits per heavy atom. The van der Waals surface area contributed by atoms with Crippen LogP contribution in [0.2, 0.25) is 0 Å². The van der Waals surface area contributed by atoms with Crippen molar-refractivity contribution < 1.29 is 4.79 Å². The van der Waals surface area contributed by atoms with Crippen LogP contribution in [0.15, 0.2) is 18.3 Å². The van der Waals surface area contributed by atoms with E-state index in [0.717, 1.165) is 5.56 Å². The summed E-state index contributed by atoms with van der Waals surface area (Å²) in [5, 5.41) is 2.80. The molecule has 0 spiro atoms. The second-order valence-corrected chi connectivity index (χ2v) is 2.79. The molecule has 1 aromatic heterocycles. The Morgan fingerprint density at radius 1 is 1.69 bits per heavy atom. The van der Waals surface area contributed by atoms with Gasteiger partial charge in [-0.2, -0.15) is 0 Å². The van der Waals surface area contributed by atoms with Crippen LogP contribution in [0, 0.1) is 0 Å². The molecule has 0 radical (unpaired) electrons. The fourth-order valence-electron chi connectivity index (χ4n) is 1.07. The number of carbonyl (C=O) groups is 1. The predicted octanol–water partition coefficient (Wildman–Crippen LogP) is -0.00520. The number of nitrogens with two attached hydrogens (primary N) is 1. The number of Topliss-reactive ketones (excluding diaryl/α,β-unsaturated/α-hetero) is 1. The maximum atomic E-state index is 11.2. The molecule has 0 fully saturated rings. The summed E-state index contributed by atoms with van der Waals surface area (Å²) in [6, 6.07) is 3.59. The van der Waals surface area contributed by atoms with Crippen molar-refractivity contribution in [2.24, 2.45) is 0 Å². The van der Waals surface area contributed by atoms with E-state index in [9.17, 15) is 4.79 Å². The third-order valence-electron chi connectivity index (χ3n) is 1.69. The van der Waals surface area contributed by atoms with Crippen molar-refractivity contribution in [1.82, 2.24) is 10.3 Å². The Labute approximate surface area is 77.2 Å². The number of anilines is 1. The number of nitrogens with zero attached hydrogens (tertiary/aromatic N) is 1. The van der Waals surface area contributed by atoms with Gasteiger partial charge >= 0.3 is 0 Å². The van der Waals surface area contributed by atoms with Crippen LogP contribution in [-0.4, -0.2) is 24.4 Å². The molecule has 13 heavy (non-hydrogen) atoms. The number of pyridine rings is 1. The molecular formula is C9H13N3O. The molecule has 1 aromatic rings. The Morgan fingerprint density at radius 2 is 2.46 bits per heavy atom. The van der Waals surface area contributed by atoms with Crippen LogP contribution >= 0.6 is 0 Å². The molecule has 0 aromatic carbocycles. The number of nitrogen functional groups attached to an aromatic ring is 1. The monoisotopic (exact) mass is 179 g/mol. The smallest absolute Gasteiger partial charge is 0.151 e. The van der Waals surface area contributed by atoms with E-state index in [4.69, 9.17) is 5.73 Å². The Hall–Kier alpha value is -1.42. The molecule has 1 rings (SSSR count). The van der Waals surface area contributed by atoms with Crippen molar-refractivity contribution in [3.8, 4) is 0 Å². The van der Waals surface area contributed by atoms with Crippen LogP contribution in [0.25, 0.3) is 0 Å². The fraction of sp³-hybridized carbons (Fsp3) is 0.333. The maximum absolute atomic E-state index is 11.2. The zero-order valence-corrected chi connectivity index (χ0v) is 7.58. The van der Waals surface area contributed by atoms with Crippen molar-refractivity contribution in [1.29, 1.82) is 0 Å². The van der Waals surface area contributed by atoms with Gasteiger partial charge in [-0.3, -0.25) is 4.79 Å². The fourth-order valence-corrected chi connectivity index (χ4v) is 1.07. The van der Waals surface area contributed by atoms with Gasteiger partial charge in [-0.1, -0.05) is 6.07 Å². The standard InChI is InChI=1S/C9H13N3O/c1-11-6-8(13)5-7-3-2-4-12-9(7)10/h2-4,11H,5-6H2,1H3,(H2,10,12). The Balaban J connectivity index is 2.63. The van der Waals surface area contributed by atoms with Gasteiger partial charge in [0.1, 0.15) is 5.82 Å². The second kappa shape index (κ2) is 4.57. The third kappa shape index (κ3) is 2.83. The van der Waals surface area contributed by atoms with E-state index >= 15 is 0 Å². The lowest BCUT2D eigenvalue weighted by atomic mass is 10.1. The number of nitrogens with one attached hydrogen (secondary N) is 1. The van der Waals surface area contributed by atoms with Gasteiger partial charge in [0.05, 0.1) is 6.54 Å². The van der Waals surface area contributed by atoms with Gasteiger partial charge in [-0.15, -0.1) is 0 Å². The summed E-state index contributed by atoms with van der Waals surface area (Å²) < 4.78 is 0. The highest BCUT2D eigenvalue weighted by Crippen LogP contribution is 2.07. The summed E-state index contributed by atoms with van der Waals surface area (Å²) in [6.07, 6.45) is 1.96. The van der Waals surface area contributed by atoms with Gasteiger partial charge in [0.2, 0.25) is 0 Å². The normalized spacial score (nSPS) is 9.92. The SMILES string of the molecule is CNCC(=O)Cc1cccnc1N. The average Bonchev–Trinajstić information content (AvgIpc) is 2.09. The number of likely N-dealkylation sites (N-methyl/N-ethyl adjacent to an activating group) is 1. The number of hydrogen-bond acceptors (Lipinski definition) is 4. The largest absolute Gasteiger partial charge is 0.383 e. The quantitative estimate of drug-likeness (QED) is 0.682. The summed E-state index contributed by atoms with van der Waals surface area (Å²) in [7, 11) is 1.74. The second-order valence-electron chi connectivity index (χ2n) is 2.79. The minimum absolute atomic E-state index is 0.113. The molecule has 0 amide bonds. The van der Waals surface area contributed by atoms with Crippen LogP contribution < -0.4 is 11.1 Å². The molecule has 0 atom stereocenters. The van der Waals surface area contributed by atoms with E-state index in [2.05, 4.69) is 10.3 Å². The zero-order chi connectivity index (χ0) is 9.68. The number of carbonyl (C=O) groups excluding carboxylic acids is 1. The molecule has 0 bridgehead atoms. The Bertz CT molecular complexity index is 299. The minimum Gasteiger partial charge on any atom is -0.383 e. The van der Waals surface area contributed by atoms with Crippen LogP contribution in [0.3, 0.4) is 0 Å². The minimum atomic E-state index is 0.113.